The van der Waals surface area contributed by atoms with Crippen molar-refractivity contribution in [2.24, 2.45) is 0 Å². The largest absolute Gasteiger partial charge is 0.493 e. The third kappa shape index (κ3) is 5.78. The summed E-state index contributed by atoms with van der Waals surface area (Å²) in [4.78, 5) is 38.7. The van der Waals surface area contributed by atoms with Crippen LogP contribution in [0.4, 0.5) is 5.69 Å². The highest BCUT2D eigenvalue weighted by Crippen LogP contribution is 2.28. The number of nitrogens with zero attached hydrogens (tertiary/aromatic N) is 4. The first-order valence-electron chi connectivity index (χ1n) is 10.9. The number of hydrogen-bond acceptors (Lipinski definition) is 8. The molecule has 2 aromatic carbocycles. The predicted octanol–water partition coefficient (Wildman–Crippen LogP) is 3.49. The van der Waals surface area contributed by atoms with Gasteiger partial charge in [-0.1, -0.05) is 30.0 Å². The number of hydrogen-bond donors (Lipinski definition) is 1. The molecule has 2 aromatic heterocycles. The Morgan fingerprint density at radius 2 is 1.86 bits per heavy atom. The van der Waals surface area contributed by atoms with E-state index in [2.05, 4.69) is 20.3 Å². The summed E-state index contributed by atoms with van der Waals surface area (Å²) in [5, 5.41) is 3.28. The number of carbonyl (C=O) groups is 1. The summed E-state index contributed by atoms with van der Waals surface area (Å²) >= 11 is 1.18. The normalized spacial score (nSPS) is 10.8. The quantitative estimate of drug-likeness (QED) is 0.280. The summed E-state index contributed by atoms with van der Waals surface area (Å²) in [6.07, 6.45) is 3.49. The van der Waals surface area contributed by atoms with Crippen LogP contribution in [0.25, 0.3) is 11.2 Å². The third-order valence-corrected chi connectivity index (χ3v) is 6.24. The highest BCUT2D eigenvalue weighted by atomic mass is 32.2. The van der Waals surface area contributed by atoms with Gasteiger partial charge in [0.15, 0.2) is 27.8 Å². The lowest BCUT2D eigenvalue weighted by Crippen LogP contribution is -2.26. The van der Waals surface area contributed by atoms with Crippen molar-refractivity contribution < 1.29 is 14.3 Å². The molecular formula is C25H25N5O4S. The molecule has 0 fully saturated rings. The molecule has 0 saturated carbocycles. The van der Waals surface area contributed by atoms with Crippen LogP contribution in [0.5, 0.6) is 11.5 Å². The van der Waals surface area contributed by atoms with Crippen LogP contribution in [0.3, 0.4) is 0 Å². The van der Waals surface area contributed by atoms with E-state index in [4.69, 9.17) is 9.47 Å². The fourth-order valence-corrected chi connectivity index (χ4v) is 4.38. The molecule has 0 spiro atoms. The number of carbonyl (C=O) groups excluding carboxylic acids is 1. The first-order chi connectivity index (χ1) is 17.0. The summed E-state index contributed by atoms with van der Waals surface area (Å²) < 4.78 is 12.2. The first-order valence-corrected chi connectivity index (χ1v) is 11.9. The molecule has 0 aliphatic heterocycles. The molecule has 0 aliphatic carbocycles. The van der Waals surface area contributed by atoms with Crippen LogP contribution < -0.4 is 20.3 Å². The number of nitrogens with one attached hydrogen (secondary N) is 1. The van der Waals surface area contributed by atoms with E-state index in [-0.39, 0.29) is 28.4 Å². The van der Waals surface area contributed by atoms with Gasteiger partial charge in [-0.05, 0) is 48.7 Å². The van der Waals surface area contributed by atoms with Crippen molar-refractivity contribution in [2.45, 2.75) is 25.0 Å². The summed E-state index contributed by atoms with van der Waals surface area (Å²) in [6, 6.07) is 13.2. The Kier molecular flexibility index (Phi) is 7.61. The summed E-state index contributed by atoms with van der Waals surface area (Å²) in [5.41, 5.74) is 2.87. The van der Waals surface area contributed by atoms with Gasteiger partial charge in [0.2, 0.25) is 5.91 Å². The molecule has 0 unspecified atom stereocenters. The van der Waals surface area contributed by atoms with Crippen molar-refractivity contribution in [3.05, 3.63) is 76.3 Å². The minimum absolute atomic E-state index is 0.0858. The molecule has 35 heavy (non-hydrogen) atoms. The highest BCUT2D eigenvalue weighted by Gasteiger charge is 2.15. The molecule has 10 heteroatoms. The molecule has 1 N–H and O–H groups in total. The second-order valence-electron chi connectivity index (χ2n) is 7.73. The van der Waals surface area contributed by atoms with Gasteiger partial charge in [-0.2, -0.15) is 0 Å². The van der Waals surface area contributed by atoms with Crippen LogP contribution in [0.15, 0.2) is 64.8 Å². The van der Waals surface area contributed by atoms with Crippen LogP contribution >= 0.6 is 11.8 Å². The average molecular weight is 492 g/mol. The Hall–Kier alpha value is -3.92. The molecule has 2 heterocycles. The number of ether oxygens (including phenoxy) is 2. The number of aromatic nitrogens is 4. The molecule has 4 rings (SSSR count). The molecule has 0 atom stereocenters. The van der Waals surface area contributed by atoms with E-state index in [0.717, 1.165) is 16.8 Å². The van der Waals surface area contributed by atoms with E-state index in [1.165, 1.54) is 24.2 Å². The van der Waals surface area contributed by atoms with Gasteiger partial charge in [0.05, 0.1) is 20.0 Å². The number of anilines is 1. The summed E-state index contributed by atoms with van der Waals surface area (Å²) in [6.45, 7) is 2.30. The first kappa shape index (κ1) is 24.2. The smallest absolute Gasteiger partial charge is 0.282 e. The number of fused-ring (bicyclic) bond motifs is 1. The molecule has 0 radical (unpaired) electrons. The number of aryl methyl sites for hydroxylation is 2. The second kappa shape index (κ2) is 11.0. The Bertz CT molecular complexity index is 1420. The van der Waals surface area contributed by atoms with Crippen molar-refractivity contribution >= 4 is 34.5 Å². The molecule has 9 nitrogen and oxygen atoms in total. The Morgan fingerprint density at radius 1 is 1.06 bits per heavy atom. The van der Waals surface area contributed by atoms with E-state index >= 15 is 0 Å². The van der Waals surface area contributed by atoms with Crippen molar-refractivity contribution in [3.63, 3.8) is 0 Å². The second-order valence-corrected chi connectivity index (χ2v) is 8.67. The lowest BCUT2D eigenvalue weighted by Gasteiger charge is -2.14. The van der Waals surface area contributed by atoms with Crippen molar-refractivity contribution in [2.75, 3.05) is 25.3 Å². The van der Waals surface area contributed by atoms with E-state index < -0.39 is 0 Å². The van der Waals surface area contributed by atoms with E-state index in [0.29, 0.717) is 29.6 Å². The Balaban J connectivity index is 1.57. The van der Waals surface area contributed by atoms with Gasteiger partial charge in [0, 0.05) is 24.6 Å². The number of methoxy groups -OCH3 is 2. The van der Waals surface area contributed by atoms with E-state index in [1.807, 2.05) is 49.4 Å². The zero-order valence-electron chi connectivity index (χ0n) is 19.6. The van der Waals surface area contributed by atoms with Crippen molar-refractivity contribution in [3.8, 4) is 11.5 Å². The van der Waals surface area contributed by atoms with Crippen LogP contribution in [-0.4, -0.2) is 45.4 Å². The van der Waals surface area contributed by atoms with Gasteiger partial charge in [0.25, 0.3) is 5.56 Å². The SMILES string of the molecule is COc1ccc(CCn2c(SCC(=O)Nc3cccc(C)c3)nc3nccnc3c2=O)cc1OC. The molecule has 0 saturated heterocycles. The van der Waals surface area contributed by atoms with Gasteiger partial charge in [-0.15, -0.1) is 0 Å². The van der Waals surface area contributed by atoms with Crippen LogP contribution in [0.2, 0.25) is 0 Å². The molecule has 0 aliphatic rings. The number of thioether (sulfide) groups is 1. The maximum absolute atomic E-state index is 13.2. The van der Waals surface area contributed by atoms with Gasteiger partial charge in [-0.25, -0.2) is 15.0 Å². The summed E-state index contributed by atoms with van der Waals surface area (Å²) in [5.74, 6) is 1.14. The lowest BCUT2D eigenvalue weighted by molar-refractivity contribution is -0.113. The number of benzene rings is 2. The van der Waals surface area contributed by atoms with Crippen molar-refractivity contribution in [1.82, 2.24) is 19.5 Å². The average Bonchev–Trinajstić information content (AvgIpc) is 2.87. The molecule has 180 valence electrons. The summed E-state index contributed by atoms with van der Waals surface area (Å²) in [7, 11) is 3.16. The van der Waals surface area contributed by atoms with E-state index in [9.17, 15) is 9.59 Å². The van der Waals surface area contributed by atoms with Crippen LogP contribution in [0, 0.1) is 6.92 Å². The monoisotopic (exact) mass is 491 g/mol. The Morgan fingerprint density at radius 3 is 2.63 bits per heavy atom. The standard InChI is InChI=1S/C25H25N5O4S/c1-16-5-4-6-18(13-16)28-21(31)15-35-25-29-23-22(26-10-11-27-23)24(32)30(25)12-9-17-7-8-19(33-2)20(14-17)34-3/h4-8,10-11,13-14H,9,12,15H2,1-3H3,(H,28,31). The van der Waals surface area contributed by atoms with Crippen LogP contribution in [0.1, 0.15) is 11.1 Å². The highest BCUT2D eigenvalue weighted by molar-refractivity contribution is 7.99. The molecule has 4 aromatic rings. The van der Waals surface area contributed by atoms with Gasteiger partial charge in [-0.3, -0.25) is 14.2 Å². The van der Waals surface area contributed by atoms with Gasteiger partial charge >= 0.3 is 0 Å². The van der Waals surface area contributed by atoms with Crippen molar-refractivity contribution in [1.29, 1.82) is 0 Å². The third-order valence-electron chi connectivity index (χ3n) is 5.27. The Labute approximate surface area is 206 Å². The van der Waals surface area contributed by atoms with Gasteiger partial charge < -0.3 is 14.8 Å². The fourth-order valence-electron chi connectivity index (χ4n) is 3.56. The molecule has 1 amide bonds. The topological polar surface area (TPSA) is 108 Å². The number of rotatable bonds is 9. The van der Waals surface area contributed by atoms with Gasteiger partial charge in [0.1, 0.15) is 0 Å². The lowest BCUT2D eigenvalue weighted by atomic mass is 10.1. The maximum atomic E-state index is 13.2. The zero-order valence-corrected chi connectivity index (χ0v) is 20.5. The zero-order chi connectivity index (χ0) is 24.8. The predicted molar refractivity (Wildman–Crippen MR) is 135 cm³/mol. The van der Waals surface area contributed by atoms with E-state index in [1.54, 1.807) is 18.8 Å². The van der Waals surface area contributed by atoms with Crippen LogP contribution in [-0.2, 0) is 17.8 Å². The minimum Gasteiger partial charge on any atom is -0.493 e. The fraction of sp³-hybridized carbons (Fsp3) is 0.240. The molecular weight excluding hydrogens is 466 g/mol. The maximum Gasteiger partial charge on any atom is 0.282 e. The number of amides is 1. The molecule has 0 bridgehead atoms. The minimum atomic E-state index is -0.301.